The highest BCUT2D eigenvalue weighted by Crippen LogP contribution is 2.60. The van der Waals surface area contributed by atoms with Crippen LogP contribution in [0.2, 0.25) is 0 Å². The molecule has 0 unspecified atom stereocenters. The quantitative estimate of drug-likeness (QED) is 0.581. The third kappa shape index (κ3) is 5.43. The number of benzene rings is 1. The number of esters is 1. The Labute approximate surface area is 176 Å². The maximum Gasteiger partial charge on any atom is 0.407 e. The van der Waals surface area contributed by atoms with Crippen molar-refractivity contribution >= 4 is 28.0 Å². The van der Waals surface area contributed by atoms with E-state index in [1.165, 1.54) is 18.2 Å². The normalized spacial score (nSPS) is 22.1. The molecule has 0 aliphatic heterocycles. The monoisotopic (exact) mass is 479 g/mol. The predicted molar refractivity (Wildman–Crippen MR) is 105 cm³/mol. The third-order valence-electron chi connectivity index (χ3n) is 4.24. The Kier molecular flexibility index (Phi) is 6.07. The summed E-state index contributed by atoms with van der Waals surface area (Å²) in [6.45, 7) is 9.75. The first-order valence-electron chi connectivity index (χ1n) is 9.06. The second-order valence-corrected chi connectivity index (χ2v) is 9.98. The van der Waals surface area contributed by atoms with Crippen LogP contribution in [0, 0.1) is 0 Å². The van der Waals surface area contributed by atoms with Gasteiger partial charge in [0.1, 0.15) is 16.6 Å². The van der Waals surface area contributed by atoms with Crippen molar-refractivity contribution < 1.29 is 32.2 Å². The number of hydrogen-bond donors (Lipinski definition) is 1. The highest BCUT2D eigenvalue weighted by atomic mass is 79.9. The average molecular weight is 480 g/mol. The Bertz CT molecular complexity index is 811. The zero-order valence-electron chi connectivity index (χ0n) is 17.2. The molecule has 0 spiro atoms. The van der Waals surface area contributed by atoms with Crippen LogP contribution in [0.15, 0.2) is 22.7 Å². The molecule has 1 amide bonds. The topological polar surface area (TPSA) is 64.6 Å². The number of alkyl halides is 3. The predicted octanol–water partition coefficient (Wildman–Crippen LogP) is 5.50. The van der Waals surface area contributed by atoms with Gasteiger partial charge in [0.15, 0.2) is 0 Å². The first-order valence-corrected chi connectivity index (χ1v) is 9.85. The molecule has 2 rings (SSSR count). The number of ether oxygens (including phenoxy) is 2. The first-order chi connectivity index (χ1) is 13.0. The largest absolute Gasteiger partial charge is 0.456 e. The van der Waals surface area contributed by atoms with Gasteiger partial charge in [-0.2, -0.15) is 13.2 Å². The molecule has 1 aliphatic rings. The van der Waals surface area contributed by atoms with Gasteiger partial charge in [0.05, 0.1) is 11.6 Å². The van der Waals surface area contributed by atoms with E-state index in [1.54, 1.807) is 41.5 Å². The lowest BCUT2D eigenvalue weighted by atomic mass is 9.89. The van der Waals surface area contributed by atoms with Crippen LogP contribution in [-0.4, -0.2) is 35.5 Å². The van der Waals surface area contributed by atoms with Crippen molar-refractivity contribution in [1.29, 1.82) is 0 Å². The lowest BCUT2D eigenvalue weighted by molar-refractivity contribution is -0.162. The van der Waals surface area contributed by atoms with Crippen LogP contribution in [0.1, 0.15) is 63.9 Å². The lowest BCUT2D eigenvalue weighted by Gasteiger charge is -2.26. The van der Waals surface area contributed by atoms with Crippen LogP contribution in [-0.2, 0) is 14.9 Å². The third-order valence-corrected chi connectivity index (χ3v) is 4.73. The molecule has 1 saturated carbocycles. The fraction of sp³-hybridized carbons (Fsp3) is 0.600. The number of hydrogen-bond acceptors (Lipinski definition) is 4. The van der Waals surface area contributed by atoms with Gasteiger partial charge in [0, 0.05) is 4.47 Å². The van der Waals surface area contributed by atoms with Gasteiger partial charge in [0.25, 0.3) is 0 Å². The molecule has 1 aliphatic carbocycles. The number of amides is 1. The summed E-state index contributed by atoms with van der Waals surface area (Å²) in [5, 5.41) is 2.29. The van der Waals surface area contributed by atoms with Crippen molar-refractivity contribution in [3.63, 3.8) is 0 Å². The van der Waals surface area contributed by atoms with E-state index in [-0.39, 0.29) is 11.1 Å². The van der Waals surface area contributed by atoms with Crippen LogP contribution < -0.4 is 5.32 Å². The summed E-state index contributed by atoms with van der Waals surface area (Å²) in [7, 11) is 0. The number of rotatable bonds is 3. The second-order valence-electron chi connectivity index (χ2n) is 9.06. The first kappa shape index (κ1) is 23.5. The van der Waals surface area contributed by atoms with Gasteiger partial charge in [-0.05, 0) is 71.7 Å². The maximum absolute atomic E-state index is 14.2. The molecule has 0 heterocycles. The van der Waals surface area contributed by atoms with Crippen LogP contribution in [0.25, 0.3) is 0 Å². The Morgan fingerprint density at radius 3 is 2.10 bits per heavy atom. The van der Waals surface area contributed by atoms with Gasteiger partial charge >= 0.3 is 18.2 Å². The summed E-state index contributed by atoms with van der Waals surface area (Å²) in [6, 6.07) is 2.77. The molecule has 0 saturated heterocycles. The minimum atomic E-state index is -4.70. The highest BCUT2D eigenvalue weighted by Gasteiger charge is 2.73. The number of nitrogens with one attached hydrogen (secondary N) is 1. The lowest BCUT2D eigenvalue weighted by Crippen LogP contribution is -2.42. The molecular weight excluding hydrogens is 455 g/mol. The molecule has 1 N–H and O–H groups in total. The number of carbonyl (C=O) groups excluding carboxylic acids is 2. The number of carbonyl (C=O) groups is 2. The fourth-order valence-corrected chi connectivity index (χ4v) is 3.41. The standard InChI is InChI=1S/C20H25BrF3NO4/c1-17(2,3)28-15(26)12-8-7-11(21)9-13(12)19(20(22,23)24)10-14(19)25-16(27)29-18(4,5)6/h7-9,14H,10H2,1-6H3,(H,25,27)/t14-,19+/m1/s1. The fourth-order valence-electron chi connectivity index (χ4n) is 3.05. The van der Waals surface area contributed by atoms with E-state index >= 15 is 0 Å². The molecule has 0 aromatic heterocycles. The summed E-state index contributed by atoms with van der Waals surface area (Å²) in [5.74, 6) is -0.855. The van der Waals surface area contributed by atoms with Crippen molar-refractivity contribution in [3.8, 4) is 0 Å². The van der Waals surface area contributed by atoms with Crippen molar-refractivity contribution in [1.82, 2.24) is 5.32 Å². The van der Waals surface area contributed by atoms with E-state index in [2.05, 4.69) is 21.2 Å². The number of alkyl carbamates (subject to hydrolysis) is 1. The maximum atomic E-state index is 14.2. The van der Waals surface area contributed by atoms with Gasteiger partial charge in [-0.3, -0.25) is 0 Å². The molecule has 2 atom stereocenters. The van der Waals surface area contributed by atoms with Gasteiger partial charge in [-0.25, -0.2) is 9.59 Å². The van der Waals surface area contributed by atoms with E-state index < -0.39 is 47.3 Å². The Balaban J connectivity index is 2.44. The van der Waals surface area contributed by atoms with Crippen molar-refractivity contribution in [2.45, 2.75) is 76.8 Å². The van der Waals surface area contributed by atoms with E-state index in [0.29, 0.717) is 4.47 Å². The molecule has 5 nitrogen and oxygen atoms in total. The van der Waals surface area contributed by atoms with E-state index in [4.69, 9.17) is 9.47 Å². The van der Waals surface area contributed by atoms with E-state index in [1.807, 2.05) is 0 Å². The molecule has 1 aromatic carbocycles. The number of halogens is 4. The van der Waals surface area contributed by atoms with Crippen LogP contribution >= 0.6 is 15.9 Å². The zero-order valence-corrected chi connectivity index (χ0v) is 18.7. The summed E-state index contributed by atoms with van der Waals surface area (Å²) in [6.07, 6.45) is -6.05. The highest BCUT2D eigenvalue weighted by molar-refractivity contribution is 9.10. The average Bonchev–Trinajstić information content (AvgIpc) is 3.17. The van der Waals surface area contributed by atoms with E-state index in [0.717, 1.165) is 0 Å². The molecule has 0 radical (unpaired) electrons. The zero-order chi connectivity index (χ0) is 22.4. The molecule has 1 aromatic rings. The van der Waals surface area contributed by atoms with Gasteiger partial charge < -0.3 is 14.8 Å². The Morgan fingerprint density at radius 2 is 1.62 bits per heavy atom. The van der Waals surface area contributed by atoms with Crippen LogP contribution in [0.5, 0.6) is 0 Å². The summed E-state index contributed by atoms with van der Waals surface area (Å²) in [5.41, 5.74) is -4.55. The van der Waals surface area contributed by atoms with Crippen molar-refractivity contribution in [2.24, 2.45) is 0 Å². The minimum absolute atomic E-state index is 0.186. The summed E-state index contributed by atoms with van der Waals surface area (Å²) in [4.78, 5) is 24.6. The van der Waals surface area contributed by atoms with Gasteiger partial charge in [-0.15, -0.1) is 0 Å². The van der Waals surface area contributed by atoms with Gasteiger partial charge in [0.2, 0.25) is 0 Å². The minimum Gasteiger partial charge on any atom is -0.456 e. The van der Waals surface area contributed by atoms with Crippen molar-refractivity contribution in [3.05, 3.63) is 33.8 Å². The second kappa shape index (κ2) is 7.49. The molecular formula is C20H25BrF3NO4. The van der Waals surface area contributed by atoms with Gasteiger partial charge in [-0.1, -0.05) is 15.9 Å². The van der Waals surface area contributed by atoms with Crippen LogP contribution in [0.4, 0.5) is 18.0 Å². The molecule has 9 heteroatoms. The van der Waals surface area contributed by atoms with Crippen molar-refractivity contribution in [2.75, 3.05) is 0 Å². The summed E-state index contributed by atoms with van der Waals surface area (Å²) >= 11 is 3.17. The van der Waals surface area contributed by atoms with E-state index in [9.17, 15) is 22.8 Å². The molecule has 1 fully saturated rings. The summed E-state index contributed by atoms with van der Waals surface area (Å²) < 4.78 is 53.3. The Morgan fingerprint density at radius 1 is 1.07 bits per heavy atom. The molecule has 0 bridgehead atoms. The van der Waals surface area contributed by atoms with Crippen LogP contribution in [0.3, 0.4) is 0 Å². The molecule has 29 heavy (non-hydrogen) atoms. The Hall–Kier alpha value is -1.77. The molecule has 162 valence electrons. The smallest absolute Gasteiger partial charge is 0.407 e. The SMILES string of the molecule is CC(C)(C)OC(=O)N[C@@H]1C[C@@]1(c1cc(Br)ccc1C(=O)OC(C)(C)C)C(F)(F)F.